The van der Waals surface area contributed by atoms with E-state index < -0.39 is 5.60 Å². The average molecular weight is 446 g/mol. The van der Waals surface area contributed by atoms with E-state index in [1.165, 1.54) is 5.56 Å². The van der Waals surface area contributed by atoms with E-state index in [0.717, 1.165) is 56.1 Å². The Labute approximate surface area is 195 Å². The van der Waals surface area contributed by atoms with Crippen LogP contribution < -0.4 is 4.90 Å². The number of aromatic nitrogens is 1. The summed E-state index contributed by atoms with van der Waals surface area (Å²) in [5.41, 5.74) is 1.89. The molecule has 0 aliphatic carbocycles. The summed E-state index contributed by atoms with van der Waals surface area (Å²) in [6.07, 6.45) is 8.76. The SMILES string of the molecule is C#CC1N2CCC(CC2)[C@@]1(O)c1ccc(N2C[C@H]3OCCO[C@@H]3C2)nc1Cc1ccccc1. The molecule has 0 saturated carbocycles. The van der Waals surface area contributed by atoms with Crippen LogP contribution in [0.2, 0.25) is 0 Å². The smallest absolute Gasteiger partial charge is 0.129 e. The van der Waals surface area contributed by atoms with Gasteiger partial charge in [-0.05, 0) is 43.5 Å². The Hall–Kier alpha value is -2.43. The minimum atomic E-state index is -1.08. The monoisotopic (exact) mass is 445 g/mol. The van der Waals surface area contributed by atoms with Crippen molar-refractivity contribution in [3.8, 4) is 12.3 Å². The molecule has 6 nitrogen and oxygen atoms in total. The summed E-state index contributed by atoms with van der Waals surface area (Å²) in [6, 6.07) is 14.2. The number of benzene rings is 1. The van der Waals surface area contributed by atoms with Gasteiger partial charge >= 0.3 is 0 Å². The highest BCUT2D eigenvalue weighted by Gasteiger charge is 2.54. The second-order valence-corrected chi connectivity index (χ2v) is 9.75. The highest BCUT2D eigenvalue weighted by atomic mass is 16.6. The molecule has 7 rings (SSSR count). The van der Waals surface area contributed by atoms with Gasteiger partial charge in [0, 0.05) is 25.1 Å². The molecule has 5 fully saturated rings. The summed E-state index contributed by atoms with van der Waals surface area (Å²) in [6.45, 7) is 4.76. The van der Waals surface area contributed by atoms with Gasteiger partial charge in [-0.15, -0.1) is 6.42 Å². The zero-order valence-electron chi connectivity index (χ0n) is 18.9. The van der Waals surface area contributed by atoms with Gasteiger partial charge in [0.1, 0.15) is 29.7 Å². The van der Waals surface area contributed by atoms with Crippen molar-refractivity contribution in [1.29, 1.82) is 0 Å². The summed E-state index contributed by atoms with van der Waals surface area (Å²) in [7, 11) is 0. The number of fused-ring (bicyclic) bond motifs is 4. The largest absolute Gasteiger partial charge is 0.382 e. The zero-order valence-corrected chi connectivity index (χ0v) is 18.9. The van der Waals surface area contributed by atoms with Gasteiger partial charge in [0.15, 0.2) is 0 Å². The summed E-state index contributed by atoms with van der Waals surface area (Å²) in [4.78, 5) is 9.66. The Balaban J connectivity index is 1.40. The van der Waals surface area contributed by atoms with E-state index in [2.05, 4.69) is 33.9 Å². The Bertz CT molecular complexity index is 1030. The fourth-order valence-electron chi connectivity index (χ4n) is 6.30. The van der Waals surface area contributed by atoms with Crippen LogP contribution in [0, 0.1) is 18.3 Å². The molecule has 6 heterocycles. The first-order chi connectivity index (χ1) is 16.2. The lowest BCUT2D eigenvalue weighted by Crippen LogP contribution is -2.63. The first-order valence-corrected chi connectivity index (χ1v) is 12.1. The van der Waals surface area contributed by atoms with Crippen LogP contribution in [0.3, 0.4) is 0 Å². The number of hydrogen-bond donors (Lipinski definition) is 1. The van der Waals surface area contributed by atoms with Crippen molar-refractivity contribution in [2.24, 2.45) is 5.92 Å². The predicted molar refractivity (Wildman–Crippen MR) is 126 cm³/mol. The molecule has 0 amide bonds. The third-order valence-electron chi connectivity index (χ3n) is 7.98. The van der Waals surface area contributed by atoms with Crippen LogP contribution in [0.25, 0.3) is 0 Å². The molecule has 5 aliphatic heterocycles. The average Bonchev–Trinajstić information content (AvgIpc) is 3.30. The lowest BCUT2D eigenvalue weighted by molar-refractivity contribution is -0.143. The molecule has 0 spiro atoms. The molecular weight excluding hydrogens is 414 g/mol. The zero-order chi connectivity index (χ0) is 22.4. The van der Waals surface area contributed by atoms with E-state index in [-0.39, 0.29) is 24.2 Å². The van der Waals surface area contributed by atoms with E-state index in [1.54, 1.807) is 0 Å². The lowest BCUT2D eigenvalue weighted by atomic mass is 9.66. The summed E-state index contributed by atoms with van der Waals surface area (Å²) in [5, 5.41) is 12.2. The Morgan fingerprint density at radius 1 is 1.03 bits per heavy atom. The first-order valence-electron chi connectivity index (χ1n) is 12.1. The van der Waals surface area contributed by atoms with E-state index in [4.69, 9.17) is 20.9 Å². The molecule has 4 atom stereocenters. The number of rotatable bonds is 4. The Morgan fingerprint density at radius 3 is 2.39 bits per heavy atom. The van der Waals surface area contributed by atoms with Gasteiger partial charge in [0.2, 0.25) is 0 Å². The van der Waals surface area contributed by atoms with Crippen LogP contribution in [0.4, 0.5) is 5.82 Å². The van der Waals surface area contributed by atoms with Crippen molar-refractivity contribution in [2.45, 2.75) is 43.1 Å². The van der Waals surface area contributed by atoms with Crippen molar-refractivity contribution in [3.63, 3.8) is 0 Å². The van der Waals surface area contributed by atoms with Crippen LogP contribution in [0.5, 0.6) is 0 Å². The summed E-state index contributed by atoms with van der Waals surface area (Å²) < 4.78 is 11.8. The van der Waals surface area contributed by atoms with Gasteiger partial charge < -0.3 is 19.5 Å². The third kappa shape index (κ3) is 3.55. The van der Waals surface area contributed by atoms with Gasteiger partial charge in [-0.1, -0.05) is 42.3 Å². The van der Waals surface area contributed by atoms with Gasteiger partial charge in [-0.2, -0.15) is 0 Å². The maximum absolute atomic E-state index is 12.2. The number of terminal acetylenes is 1. The lowest BCUT2D eigenvalue weighted by Gasteiger charge is -2.54. The summed E-state index contributed by atoms with van der Waals surface area (Å²) >= 11 is 0. The number of anilines is 1. The second-order valence-electron chi connectivity index (χ2n) is 9.75. The number of nitrogens with zero attached hydrogens (tertiary/aromatic N) is 3. The van der Waals surface area contributed by atoms with Crippen molar-refractivity contribution >= 4 is 5.82 Å². The molecule has 33 heavy (non-hydrogen) atoms. The molecule has 1 aromatic carbocycles. The van der Waals surface area contributed by atoms with Crippen molar-refractivity contribution < 1.29 is 14.6 Å². The Morgan fingerprint density at radius 2 is 1.73 bits per heavy atom. The molecule has 1 aromatic heterocycles. The van der Waals surface area contributed by atoms with Crippen LogP contribution >= 0.6 is 0 Å². The molecule has 0 radical (unpaired) electrons. The van der Waals surface area contributed by atoms with Gasteiger partial charge in [-0.3, -0.25) is 4.90 Å². The fraction of sp³-hybridized carbons (Fsp3) is 0.519. The Kier molecular flexibility index (Phi) is 5.38. The topological polar surface area (TPSA) is 58.1 Å². The highest BCUT2D eigenvalue weighted by Crippen LogP contribution is 2.48. The van der Waals surface area contributed by atoms with Crippen LogP contribution in [-0.2, 0) is 21.5 Å². The second kappa shape index (κ2) is 8.41. The minimum Gasteiger partial charge on any atom is -0.382 e. The predicted octanol–water partition coefficient (Wildman–Crippen LogP) is 2.19. The third-order valence-corrected chi connectivity index (χ3v) is 7.98. The van der Waals surface area contributed by atoms with E-state index in [1.807, 2.05) is 24.3 Å². The number of hydrogen-bond acceptors (Lipinski definition) is 6. The van der Waals surface area contributed by atoms with Gasteiger partial charge in [-0.25, -0.2) is 4.98 Å². The first kappa shape index (κ1) is 21.1. The van der Waals surface area contributed by atoms with Crippen LogP contribution in [0.15, 0.2) is 42.5 Å². The van der Waals surface area contributed by atoms with Crippen molar-refractivity contribution in [2.75, 3.05) is 44.3 Å². The van der Waals surface area contributed by atoms with E-state index in [0.29, 0.717) is 19.6 Å². The number of piperidine rings is 3. The van der Waals surface area contributed by atoms with Crippen molar-refractivity contribution in [1.82, 2.24) is 9.88 Å². The molecule has 6 heteroatoms. The molecule has 1 N–H and O–H groups in total. The van der Waals surface area contributed by atoms with Gasteiger partial charge in [0.05, 0.1) is 18.9 Å². The van der Waals surface area contributed by atoms with Crippen LogP contribution in [-0.4, -0.2) is 72.6 Å². The molecule has 2 bridgehead atoms. The maximum atomic E-state index is 12.2. The summed E-state index contributed by atoms with van der Waals surface area (Å²) in [5.74, 6) is 3.99. The molecule has 5 saturated heterocycles. The number of aliphatic hydroxyl groups is 1. The van der Waals surface area contributed by atoms with E-state index in [9.17, 15) is 5.11 Å². The molecule has 2 aromatic rings. The quantitative estimate of drug-likeness (QED) is 0.729. The van der Waals surface area contributed by atoms with Crippen molar-refractivity contribution in [3.05, 3.63) is 59.3 Å². The normalized spacial score (nSPS) is 35.3. The maximum Gasteiger partial charge on any atom is 0.129 e. The number of ether oxygens (including phenoxy) is 2. The highest BCUT2D eigenvalue weighted by molar-refractivity contribution is 5.48. The molecular formula is C27H31N3O3. The minimum absolute atomic E-state index is 0.0923. The fourth-order valence-corrected chi connectivity index (χ4v) is 6.30. The molecule has 1 unspecified atom stereocenters. The van der Waals surface area contributed by atoms with E-state index >= 15 is 0 Å². The molecule has 5 aliphatic rings. The van der Waals surface area contributed by atoms with Gasteiger partial charge in [0.25, 0.3) is 0 Å². The van der Waals surface area contributed by atoms with Crippen LogP contribution in [0.1, 0.15) is 29.7 Å². The standard InChI is InChI=1S/C27H31N3O3/c1-2-25-27(31,20-10-12-29(25)13-11-20)21-8-9-26(28-22(21)16-19-6-4-3-5-7-19)30-17-23-24(18-30)33-15-14-32-23/h1,3-9,20,23-25,31H,10-18H2/t23-,24-,25?,27-/m1/s1. The molecule has 172 valence electrons. The number of pyridine rings is 1.